The predicted octanol–water partition coefficient (Wildman–Crippen LogP) is 24.1. The molecule has 2 atom stereocenters. The molecule has 0 aromatic carbocycles. The molecule has 0 aromatic heterocycles. The van der Waals surface area contributed by atoms with E-state index in [0.29, 0.717) is 12.8 Å². The van der Waals surface area contributed by atoms with E-state index in [0.717, 1.165) is 32.1 Å². The van der Waals surface area contributed by atoms with Crippen molar-refractivity contribution in [2.75, 3.05) is 26.4 Å². The van der Waals surface area contributed by atoms with E-state index in [2.05, 4.69) is 13.8 Å². The van der Waals surface area contributed by atoms with E-state index in [-0.39, 0.29) is 32.1 Å². The van der Waals surface area contributed by atoms with Crippen LogP contribution in [0.3, 0.4) is 0 Å². The quantitative estimate of drug-likeness (QED) is 0.0347. The Bertz CT molecular complexity index is 1300. The van der Waals surface area contributed by atoms with Crippen molar-refractivity contribution < 1.29 is 37.6 Å². The minimum absolute atomic E-state index is 0.0589. The van der Waals surface area contributed by atoms with Gasteiger partial charge in [0.15, 0.2) is 6.10 Å². The van der Waals surface area contributed by atoms with Gasteiger partial charge in [0.2, 0.25) is 0 Å². The van der Waals surface area contributed by atoms with Gasteiger partial charge in [-0.15, -0.1) is 0 Å². The number of phosphoric acid groups is 1. The summed E-state index contributed by atoms with van der Waals surface area (Å²) in [5, 5.41) is 0. The van der Waals surface area contributed by atoms with Gasteiger partial charge in [-0.3, -0.25) is 18.6 Å². The third-order valence-electron chi connectivity index (χ3n) is 17.2. The third kappa shape index (κ3) is 68.1. The summed E-state index contributed by atoms with van der Waals surface area (Å²) >= 11 is 0. The molecule has 82 heavy (non-hydrogen) atoms. The summed E-state index contributed by atoms with van der Waals surface area (Å²) in [4.78, 5) is 35.4. The van der Waals surface area contributed by atoms with E-state index in [1.165, 1.54) is 353 Å². The van der Waals surface area contributed by atoms with Crippen molar-refractivity contribution in [1.29, 1.82) is 0 Å². The number of phosphoric ester groups is 1. The van der Waals surface area contributed by atoms with Crippen LogP contribution >= 0.6 is 7.82 Å². The Hall–Kier alpha value is -0.990. The van der Waals surface area contributed by atoms with Crippen LogP contribution in [0.4, 0.5) is 0 Å². The average Bonchev–Trinajstić information content (AvgIpc) is 3.48. The lowest BCUT2D eigenvalue weighted by Crippen LogP contribution is -2.29. The monoisotopic (exact) mass is 1180 g/mol. The first-order valence-electron chi connectivity index (χ1n) is 37.0. The van der Waals surface area contributed by atoms with Crippen molar-refractivity contribution in [2.24, 2.45) is 5.73 Å². The van der Waals surface area contributed by atoms with Crippen molar-refractivity contribution in [1.82, 2.24) is 0 Å². The second-order valence-electron chi connectivity index (χ2n) is 25.5. The van der Waals surface area contributed by atoms with Gasteiger partial charge in [0.25, 0.3) is 0 Å². The largest absolute Gasteiger partial charge is 0.472 e. The van der Waals surface area contributed by atoms with E-state index in [4.69, 9.17) is 24.3 Å². The maximum atomic E-state index is 12.8. The fourth-order valence-corrected chi connectivity index (χ4v) is 12.5. The molecule has 0 heterocycles. The SMILES string of the molecule is CCCCCCCCCCCCCCCCCCCCCCCCCCCCCCCCCCCCCCC(=O)OC(COC(=O)CCCCCCCCCCCCCCCCCCCCCCCCCCC)COP(=O)(O)OCCN. The van der Waals surface area contributed by atoms with Crippen molar-refractivity contribution >= 4 is 19.8 Å². The zero-order valence-electron chi connectivity index (χ0n) is 55.3. The molecular weight excluding hydrogens is 1040 g/mol. The number of hydrogen-bond donors (Lipinski definition) is 2. The Labute approximate surface area is 511 Å². The molecule has 10 heteroatoms. The van der Waals surface area contributed by atoms with Crippen molar-refractivity contribution in [3.63, 3.8) is 0 Å². The van der Waals surface area contributed by atoms with Gasteiger partial charge in [0.05, 0.1) is 13.2 Å². The van der Waals surface area contributed by atoms with Gasteiger partial charge in [0, 0.05) is 19.4 Å². The van der Waals surface area contributed by atoms with E-state index >= 15 is 0 Å². The normalized spacial score (nSPS) is 12.8. The van der Waals surface area contributed by atoms with Gasteiger partial charge < -0.3 is 20.1 Å². The third-order valence-corrected chi connectivity index (χ3v) is 18.2. The number of rotatable bonds is 72. The minimum atomic E-state index is -4.39. The molecule has 0 fully saturated rings. The molecule has 3 N–H and O–H groups in total. The standard InChI is InChI=1S/C72H144NO8P/c1-3-5-7-9-11-13-15-17-19-21-23-25-27-29-30-31-32-33-34-35-36-37-38-39-41-43-45-47-49-51-53-55-57-59-61-63-65-72(75)81-70(69-80-82(76,77)79-67-66-73)68-78-71(74)64-62-60-58-56-54-52-50-48-46-44-42-40-28-26-24-22-20-18-16-14-12-10-8-6-4-2/h70H,3-69,73H2,1-2H3,(H,76,77). The molecule has 0 aliphatic carbocycles. The first-order valence-corrected chi connectivity index (χ1v) is 38.5. The van der Waals surface area contributed by atoms with E-state index in [1.807, 2.05) is 0 Å². The highest BCUT2D eigenvalue weighted by Crippen LogP contribution is 2.43. The Morgan fingerprint density at radius 2 is 0.524 bits per heavy atom. The van der Waals surface area contributed by atoms with Crippen molar-refractivity contribution in [2.45, 2.75) is 424 Å². The summed E-state index contributed by atoms with van der Waals surface area (Å²) in [6.45, 7) is 3.85. The molecule has 0 aliphatic rings. The van der Waals surface area contributed by atoms with Crippen LogP contribution in [-0.2, 0) is 32.7 Å². The van der Waals surface area contributed by atoms with E-state index < -0.39 is 26.5 Å². The molecule has 0 radical (unpaired) electrons. The lowest BCUT2D eigenvalue weighted by atomic mass is 10.0. The summed E-state index contributed by atoms with van der Waals surface area (Å²) < 4.78 is 33.2. The van der Waals surface area contributed by atoms with Gasteiger partial charge in [-0.1, -0.05) is 393 Å². The number of nitrogens with two attached hydrogens (primary N) is 1. The van der Waals surface area contributed by atoms with Gasteiger partial charge in [-0.2, -0.15) is 0 Å². The minimum Gasteiger partial charge on any atom is -0.462 e. The summed E-state index contributed by atoms with van der Waals surface area (Å²) in [5.74, 6) is -0.796. The van der Waals surface area contributed by atoms with Gasteiger partial charge in [-0.25, -0.2) is 4.57 Å². The highest BCUT2D eigenvalue weighted by atomic mass is 31.2. The van der Waals surface area contributed by atoms with E-state index in [1.54, 1.807) is 0 Å². The lowest BCUT2D eigenvalue weighted by molar-refractivity contribution is -0.161. The molecule has 0 spiro atoms. The molecule has 0 saturated heterocycles. The molecule has 0 aliphatic heterocycles. The zero-order chi connectivity index (χ0) is 59.4. The molecule has 0 aromatic rings. The molecule has 490 valence electrons. The fraction of sp³-hybridized carbons (Fsp3) is 0.972. The molecule has 0 saturated carbocycles. The van der Waals surface area contributed by atoms with Crippen LogP contribution in [0.5, 0.6) is 0 Å². The second-order valence-corrected chi connectivity index (χ2v) is 27.0. The highest BCUT2D eigenvalue weighted by Gasteiger charge is 2.26. The molecular formula is C72H144NO8P. The highest BCUT2D eigenvalue weighted by molar-refractivity contribution is 7.47. The number of unbranched alkanes of at least 4 members (excludes halogenated alkanes) is 59. The number of hydrogen-bond acceptors (Lipinski definition) is 8. The topological polar surface area (TPSA) is 134 Å². The Balaban J connectivity index is 3.75. The van der Waals surface area contributed by atoms with Crippen LogP contribution < -0.4 is 5.73 Å². The maximum absolute atomic E-state index is 12.8. The molecule has 0 rings (SSSR count). The van der Waals surface area contributed by atoms with Crippen LogP contribution in [0.15, 0.2) is 0 Å². The van der Waals surface area contributed by atoms with Crippen LogP contribution in [0, 0.1) is 0 Å². The van der Waals surface area contributed by atoms with Crippen LogP contribution in [-0.4, -0.2) is 49.3 Å². The summed E-state index contributed by atoms with van der Waals surface area (Å²) in [6.07, 6.45) is 82.3. The Kier molecular flexibility index (Phi) is 68.3. The molecule has 0 amide bonds. The van der Waals surface area contributed by atoms with Gasteiger partial charge in [0.1, 0.15) is 6.61 Å². The summed E-state index contributed by atoms with van der Waals surface area (Å²) in [5.41, 5.74) is 5.41. The summed E-state index contributed by atoms with van der Waals surface area (Å²) in [7, 11) is -4.39. The molecule has 2 unspecified atom stereocenters. The Morgan fingerprint density at radius 1 is 0.317 bits per heavy atom. The van der Waals surface area contributed by atoms with Crippen molar-refractivity contribution in [3.05, 3.63) is 0 Å². The number of esters is 2. The zero-order valence-corrected chi connectivity index (χ0v) is 56.2. The van der Waals surface area contributed by atoms with Crippen LogP contribution in [0.2, 0.25) is 0 Å². The van der Waals surface area contributed by atoms with Gasteiger partial charge in [-0.05, 0) is 12.8 Å². The van der Waals surface area contributed by atoms with Crippen LogP contribution in [0.25, 0.3) is 0 Å². The number of ether oxygens (including phenoxy) is 2. The smallest absolute Gasteiger partial charge is 0.462 e. The molecule has 0 bridgehead atoms. The van der Waals surface area contributed by atoms with Gasteiger partial charge >= 0.3 is 19.8 Å². The predicted molar refractivity (Wildman–Crippen MR) is 354 cm³/mol. The first kappa shape index (κ1) is 81.0. The second kappa shape index (κ2) is 69.1. The van der Waals surface area contributed by atoms with E-state index in [9.17, 15) is 19.0 Å². The number of carbonyl (C=O) groups is 2. The Morgan fingerprint density at radius 3 is 0.744 bits per heavy atom. The molecule has 9 nitrogen and oxygen atoms in total. The first-order chi connectivity index (χ1) is 40.3. The maximum Gasteiger partial charge on any atom is 0.472 e. The fourth-order valence-electron chi connectivity index (χ4n) is 11.8. The number of carbonyl (C=O) groups excluding carboxylic acids is 2. The van der Waals surface area contributed by atoms with Crippen molar-refractivity contribution in [3.8, 4) is 0 Å². The summed E-state index contributed by atoms with van der Waals surface area (Å²) in [6, 6.07) is 0. The van der Waals surface area contributed by atoms with Crippen LogP contribution in [0.1, 0.15) is 418 Å². The lowest BCUT2D eigenvalue weighted by Gasteiger charge is -2.19. The average molecular weight is 1180 g/mol.